The van der Waals surface area contributed by atoms with Gasteiger partial charge in [-0.05, 0) is 64.5 Å². The maximum Gasteiger partial charge on any atom is 0.333 e. The van der Waals surface area contributed by atoms with E-state index in [4.69, 9.17) is 4.74 Å². The Morgan fingerprint density at radius 2 is 1.51 bits per heavy atom. The van der Waals surface area contributed by atoms with Crippen molar-refractivity contribution in [2.24, 2.45) is 11.8 Å². The summed E-state index contributed by atoms with van der Waals surface area (Å²) in [7, 11) is 1.65. The SMILES string of the molecule is CC(C)C.CCC(CC)N1CCCCC1.CCOC(=O)/C(C)=C/[C@H](C(C)C)N(C)C(=O)CNC=O. The molecule has 2 amide bonds. The lowest BCUT2D eigenvalue weighted by Gasteiger charge is -2.33. The Balaban J connectivity index is 0. The molecule has 1 rings (SSSR count). The van der Waals surface area contributed by atoms with Crippen molar-refractivity contribution >= 4 is 18.3 Å². The van der Waals surface area contributed by atoms with Crippen LogP contribution in [0.3, 0.4) is 0 Å². The zero-order valence-corrected chi connectivity index (χ0v) is 24.4. The first-order valence-electron chi connectivity index (χ1n) is 13.5. The first kappa shape index (κ1) is 35.3. The van der Waals surface area contributed by atoms with Crippen molar-refractivity contribution in [1.29, 1.82) is 0 Å². The van der Waals surface area contributed by atoms with Crippen LogP contribution in [0.5, 0.6) is 0 Å². The molecule has 1 N–H and O–H groups in total. The molecule has 1 fully saturated rings. The van der Waals surface area contributed by atoms with E-state index >= 15 is 0 Å². The number of esters is 1. The van der Waals surface area contributed by atoms with Gasteiger partial charge >= 0.3 is 5.97 Å². The number of nitrogens with zero attached hydrogens (tertiary/aromatic N) is 2. The van der Waals surface area contributed by atoms with Gasteiger partial charge in [-0.1, -0.05) is 61.0 Å². The lowest BCUT2D eigenvalue weighted by atomic mass is 10.00. The highest BCUT2D eigenvalue weighted by Crippen LogP contribution is 2.16. The molecule has 206 valence electrons. The largest absolute Gasteiger partial charge is 0.463 e. The second-order valence-electron chi connectivity index (χ2n) is 10.1. The molecule has 7 heteroatoms. The number of likely N-dealkylation sites (tertiary alicyclic amines) is 1. The molecule has 1 atom stereocenters. The number of carbonyl (C=O) groups excluding carboxylic acids is 3. The van der Waals surface area contributed by atoms with Crippen LogP contribution in [-0.2, 0) is 19.1 Å². The van der Waals surface area contributed by atoms with Crippen LogP contribution in [-0.4, -0.2) is 73.5 Å². The second-order valence-corrected chi connectivity index (χ2v) is 10.1. The summed E-state index contributed by atoms with van der Waals surface area (Å²) in [4.78, 5) is 37.9. The van der Waals surface area contributed by atoms with Gasteiger partial charge in [0.05, 0.1) is 19.2 Å². The number of hydrogen-bond donors (Lipinski definition) is 1. The van der Waals surface area contributed by atoms with Gasteiger partial charge in [-0.25, -0.2) is 4.79 Å². The number of piperidine rings is 1. The number of nitrogens with one attached hydrogen (secondary N) is 1. The van der Waals surface area contributed by atoms with Crippen LogP contribution in [0.2, 0.25) is 0 Å². The van der Waals surface area contributed by atoms with E-state index in [0.29, 0.717) is 18.6 Å². The molecular formula is C28H55N3O4. The van der Waals surface area contributed by atoms with Crippen LogP contribution >= 0.6 is 0 Å². The van der Waals surface area contributed by atoms with E-state index in [1.54, 1.807) is 27.0 Å². The fraction of sp³-hybridized carbons (Fsp3) is 0.821. The quantitative estimate of drug-likeness (QED) is 0.246. The number of hydrogen-bond acceptors (Lipinski definition) is 5. The molecular weight excluding hydrogens is 442 g/mol. The van der Waals surface area contributed by atoms with E-state index in [-0.39, 0.29) is 30.4 Å². The topological polar surface area (TPSA) is 79.0 Å². The van der Waals surface area contributed by atoms with Crippen molar-refractivity contribution in [2.75, 3.05) is 33.3 Å². The fourth-order valence-corrected chi connectivity index (χ4v) is 3.83. The first-order chi connectivity index (χ1) is 16.5. The molecule has 35 heavy (non-hydrogen) atoms. The summed E-state index contributed by atoms with van der Waals surface area (Å²) in [6.07, 6.45) is 9.17. The van der Waals surface area contributed by atoms with Gasteiger partial charge in [-0.3, -0.25) is 9.59 Å². The molecule has 1 saturated heterocycles. The Morgan fingerprint density at radius 1 is 1.00 bits per heavy atom. The van der Waals surface area contributed by atoms with Crippen molar-refractivity contribution in [1.82, 2.24) is 15.1 Å². The first-order valence-corrected chi connectivity index (χ1v) is 13.5. The smallest absolute Gasteiger partial charge is 0.333 e. The molecule has 0 aromatic rings. The second kappa shape index (κ2) is 21.4. The summed E-state index contributed by atoms with van der Waals surface area (Å²) in [5.74, 6) is 0.360. The van der Waals surface area contributed by atoms with E-state index in [2.05, 4.69) is 44.8 Å². The minimum absolute atomic E-state index is 0.0600. The highest BCUT2D eigenvalue weighted by Gasteiger charge is 2.22. The van der Waals surface area contributed by atoms with Gasteiger partial charge in [0.1, 0.15) is 0 Å². The Hall–Kier alpha value is -1.89. The summed E-state index contributed by atoms with van der Waals surface area (Å²) >= 11 is 0. The summed E-state index contributed by atoms with van der Waals surface area (Å²) in [5.41, 5.74) is 0.466. The number of amides is 2. The van der Waals surface area contributed by atoms with Crippen LogP contribution in [0, 0.1) is 11.8 Å². The van der Waals surface area contributed by atoms with Gasteiger partial charge in [-0.15, -0.1) is 0 Å². The summed E-state index contributed by atoms with van der Waals surface area (Å²) in [6.45, 7) is 21.4. The molecule has 0 spiro atoms. The molecule has 1 heterocycles. The average molecular weight is 498 g/mol. The molecule has 0 unspecified atom stereocenters. The van der Waals surface area contributed by atoms with Crippen LogP contribution in [0.4, 0.5) is 0 Å². The molecule has 1 aliphatic rings. The Kier molecular flexibility index (Phi) is 21.6. The van der Waals surface area contributed by atoms with Gasteiger partial charge in [0, 0.05) is 18.7 Å². The van der Waals surface area contributed by atoms with Crippen LogP contribution in [0.25, 0.3) is 0 Å². The van der Waals surface area contributed by atoms with Crippen LogP contribution in [0.1, 0.15) is 94.4 Å². The van der Waals surface area contributed by atoms with Crippen molar-refractivity contribution < 1.29 is 19.1 Å². The molecule has 0 aromatic heterocycles. The third-order valence-corrected chi connectivity index (χ3v) is 5.73. The number of rotatable bonds is 11. The highest BCUT2D eigenvalue weighted by atomic mass is 16.5. The van der Waals surface area contributed by atoms with E-state index in [0.717, 1.165) is 12.0 Å². The van der Waals surface area contributed by atoms with Gasteiger partial charge < -0.3 is 19.9 Å². The maximum absolute atomic E-state index is 11.9. The maximum atomic E-state index is 11.9. The van der Waals surface area contributed by atoms with Crippen LogP contribution in [0.15, 0.2) is 11.6 Å². The number of ether oxygens (including phenoxy) is 1. The van der Waals surface area contributed by atoms with E-state index in [1.165, 1.54) is 50.1 Å². The predicted molar refractivity (Wildman–Crippen MR) is 146 cm³/mol. The minimum Gasteiger partial charge on any atom is -0.463 e. The summed E-state index contributed by atoms with van der Waals surface area (Å²) in [6, 6.07) is 0.635. The molecule has 0 radical (unpaired) electrons. The molecule has 0 saturated carbocycles. The Morgan fingerprint density at radius 3 is 1.91 bits per heavy atom. The zero-order valence-electron chi connectivity index (χ0n) is 24.4. The van der Waals surface area contributed by atoms with Gasteiger partial charge in [0.15, 0.2) is 0 Å². The van der Waals surface area contributed by atoms with E-state index in [1.807, 2.05) is 13.8 Å². The molecule has 7 nitrogen and oxygen atoms in total. The number of likely N-dealkylation sites (N-methyl/N-ethyl adjacent to an activating group) is 1. The average Bonchev–Trinajstić information content (AvgIpc) is 2.82. The summed E-state index contributed by atoms with van der Waals surface area (Å²) in [5, 5.41) is 2.34. The van der Waals surface area contributed by atoms with Crippen molar-refractivity contribution in [2.45, 2.75) is 107 Å². The van der Waals surface area contributed by atoms with Gasteiger partial charge in [0.25, 0.3) is 0 Å². The molecule has 0 aliphatic carbocycles. The lowest BCUT2D eigenvalue weighted by molar-refractivity contribution is -0.138. The Labute approximate surface area is 216 Å². The summed E-state index contributed by atoms with van der Waals surface area (Å²) < 4.78 is 4.92. The van der Waals surface area contributed by atoms with E-state index < -0.39 is 0 Å². The van der Waals surface area contributed by atoms with Gasteiger partial charge in [0.2, 0.25) is 12.3 Å². The highest BCUT2D eigenvalue weighted by molar-refractivity contribution is 5.88. The zero-order chi connectivity index (χ0) is 27.4. The standard InChI is InChI=1S/C14H24N2O4.C10H21N.C4H10/c1-6-20-14(19)11(4)7-12(10(2)3)16(5)13(18)8-15-9-17;1-3-10(4-2)11-8-6-5-7-9-11;1-4(2)3/h7,9-10,12H,6,8H2,1-5H3,(H,15,17);10H,3-9H2,1-2H3;4H,1-3H3/b11-7+;;/t12-;;/m1../s1. The third kappa shape index (κ3) is 17.2. The van der Waals surface area contributed by atoms with Crippen molar-refractivity contribution in [3.8, 4) is 0 Å². The Bertz CT molecular complexity index is 592. The molecule has 1 aliphatic heterocycles. The monoisotopic (exact) mass is 497 g/mol. The number of carbonyl (C=O) groups is 3. The normalized spacial score (nSPS) is 14.9. The van der Waals surface area contributed by atoms with Crippen molar-refractivity contribution in [3.05, 3.63) is 11.6 Å². The van der Waals surface area contributed by atoms with Crippen LogP contribution < -0.4 is 5.32 Å². The molecule has 0 aromatic carbocycles. The van der Waals surface area contributed by atoms with Gasteiger partial charge in [-0.2, -0.15) is 0 Å². The third-order valence-electron chi connectivity index (χ3n) is 5.73. The van der Waals surface area contributed by atoms with Crippen molar-refractivity contribution in [3.63, 3.8) is 0 Å². The lowest BCUT2D eigenvalue weighted by Crippen LogP contribution is -2.43. The predicted octanol–water partition coefficient (Wildman–Crippen LogP) is 5.05. The minimum atomic E-state index is -0.384. The molecule has 0 bridgehead atoms. The van der Waals surface area contributed by atoms with E-state index in [9.17, 15) is 14.4 Å². The fourth-order valence-electron chi connectivity index (χ4n) is 3.83.